The van der Waals surface area contributed by atoms with Gasteiger partial charge in [-0.1, -0.05) is 30.3 Å². The molecule has 42 heavy (non-hydrogen) atoms. The van der Waals surface area contributed by atoms with Crippen molar-refractivity contribution in [2.24, 2.45) is 5.41 Å². The summed E-state index contributed by atoms with van der Waals surface area (Å²) in [5, 5.41) is 5.95. The average molecular weight is 566 g/mol. The predicted molar refractivity (Wildman–Crippen MR) is 154 cm³/mol. The zero-order valence-electron chi connectivity index (χ0n) is 22.3. The summed E-state index contributed by atoms with van der Waals surface area (Å²) >= 11 is 0. The van der Waals surface area contributed by atoms with Gasteiger partial charge in [0.05, 0.1) is 5.52 Å². The molecule has 2 N–H and O–H groups in total. The number of nitrogens with zero attached hydrogens (tertiary/aromatic N) is 1. The molecule has 0 aliphatic heterocycles. The van der Waals surface area contributed by atoms with Crippen LogP contribution in [0.2, 0.25) is 0 Å². The number of hydrogen-bond donors (Lipinski definition) is 2. The number of hydrogen-bond acceptors (Lipinski definition) is 5. The van der Waals surface area contributed by atoms with Crippen molar-refractivity contribution in [3.05, 3.63) is 120 Å². The predicted octanol–water partition coefficient (Wildman–Crippen LogP) is 7.24. The zero-order valence-corrected chi connectivity index (χ0v) is 22.3. The van der Waals surface area contributed by atoms with Crippen LogP contribution in [-0.2, 0) is 16.2 Å². The number of amides is 2. The van der Waals surface area contributed by atoms with Gasteiger partial charge in [-0.3, -0.25) is 14.6 Å². The monoisotopic (exact) mass is 565 g/mol. The highest BCUT2D eigenvalue weighted by atomic mass is 19.1. The van der Waals surface area contributed by atoms with Crippen LogP contribution in [0.3, 0.4) is 0 Å². The molecule has 0 saturated heterocycles. The molecule has 5 aromatic rings. The van der Waals surface area contributed by atoms with Crippen LogP contribution in [0.25, 0.3) is 10.9 Å². The van der Waals surface area contributed by atoms with E-state index in [1.807, 2.05) is 30.3 Å². The van der Waals surface area contributed by atoms with Crippen LogP contribution in [0.15, 0.2) is 103 Å². The van der Waals surface area contributed by atoms with Crippen molar-refractivity contribution >= 4 is 34.1 Å². The smallest absolute Gasteiger partial charge is 0.240 e. The number of rotatable bonds is 9. The van der Waals surface area contributed by atoms with Crippen LogP contribution in [0, 0.1) is 17.0 Å². The molecule has 210 valence electrons. The Hall–Kier alpha value is -5.31. The number of nitrogens with one attached hydrogen (secondary N) is 2. The Morgan fingerprint density at radius 1 is 0.786 bits per heavy atom. The van der Waals surface area contributed by atoms with Gasteiger partial charge in [0.15, 0.2) is 11.6 Å². The van der Waals surface area contributed by atoms with Gasteiger partial charge in [-0.2, -0.15) is 0 Å². The van der Waals surface area contributed by atoms with Gasteiger partial charge in [0.2, 0.25) is 11.8 Å². The quantitative estimate of drug-likeness (QED) is 0.184. The van der Waals surface area contributed by atoms with Crippen molar-refractivity contribution in [1.82, 2.24) is 4.98 Å². The number of halogens is 2. The molecule has 1 aromatic heterocycles. The van der Waals surface area contributed by atoms with Crippen molar-refractivity contribution in [2.75, 3.05) is 10.6 Å². The third-order valence-electron chi connectivity index (χ3n) is 7.05. The first-order valence-electron chi connectivity index (χ1n) is 13.3. The van der Waals surface area contributed by atoms with Gasteiger partial charge in [-0.15, -0.1) is 0 Å². The van der Waals surface area contributed by atoms with E-state index in [2.05, 4.69) is 15.6 Å². The number of anilines is 2. The third kappa shape index (κ3) is 5.76. The second-order valence-electron chi connectivity index (χ2n) is 10.0. The first-order chi connectivity index (χ1) is 20.4. The fourth-order valence-corrected chi connectivity index (χ4v) is 4.52. The van der Waals surface area contributed by atoms with E-state index in [9.17, 15) is 14.0 Å². The molecule has 0 bridgehead atoms. The van der Waals surface area contributed by atoms with E-state index in [-0.39, 0.29) is 11.4 Å². The van der Waals surface area contributed by atoms with E-state index < -0.39 is 28.9 Å². The maximum absolute atomic E-state index is 15.1. The first-order valence-corrected chi connectivity index (χ1v) is 13.3. The molecule has 1 saturated carbocycles. The Kier molecular flexibility index (Phi) is 7.23. The number of pyridine rings is 1. The number of carbonyl (C=O) groups excluding carboxylic acids is 2. The lowest BCUT2D eigenvalue weighted by Gasteiger charge is -2.16. The van der Waals surface area contributed by atoms with Gasteiger partial charge in [0, 0.05) is 35.1 Å². The minimum Gasteiger partial charge on any atom is -0.489 e. The number of fused-ring (bicyclic) bond motifs is 1. The molecule has 1 fully saturated rings. The molecule has 6 rings (SSSR count). The summed E-state index contributed by atoms with van der Waals surface area (Å²) < 4.78 is 40.0. The van der Waals surface area contributed by atoms with Crippen LogP contribution < -0.4 is 20.1 Å². The van der Waals surface area contributed by atoms with Gasteiger partial charge in [-0.25, -0.2) is 8.78 Å². The second kappa shape index (κ2) is 11.3. The second-order valence-corrected chi connectivity index (χ2v) is 10.0. The average Bonchev–Trinajstić information content (AvgIpc) is 3.82. The van der Waals surface area contributed by atoms with Gasteiger partial charge in [-0.05, 0) is 73.0 Å². The number of carbonyl (C=O) groups is 2. The van der Waals surface area contributed by atoms with Crippen LogP contribution >= 0.6 is 0 Å². The highest BCUT2D eigenvalue weighted by molar-refractivity contribution is 6.16. The summed E-state index contributed by atoms with van der Waals surface area (Å²) in [4.78, 5) is 30.2. The SMILES string of the molecule is O=C(Nc1ccc(F)cc1)C1(C(=O)Nc2ccc(Oc3ccnc4cc(OCc5ccccc5)ccc34)c(F)c2)CC1. The van der Waals surface area contributed by atoms with Crippen LogP contribution in [-0.4, -0.2) is 16.8 Å². The normalized spacial score (nSPS) is 13.3. The summed E-state index contributed by atoms with van der Waals surface area (Å²) in [6, 6.07) is 26.2. The number of ether oxygens (including phenoxy) is 2. The summed E-state index contributed by atoms with van der Waals surface area (Å²) in [7, 11) is 0. The van der Waals surface area contributed by atoms with E-state index in [1.54, 1.807) is 30.5 Å². The van der Waals surface area contributed by atoms with Crippen molar-refractivity contribution < 1.29 is 27.8 Å². The maximum Gasteiger partial charge on any atom is 0.240 e. The molecule has 1 heterocycles. The molecule has 9 heteroatoms. The molecule has 0 atom stereocenters. The molecule has 2 amide bonds. The summed E-state index contributed by atoms with van der Waals surface area (Å²) in [5.41, 5.74) is 0.965. The molecule has 0 radical (unpaired) electrons. The third-order valence-corrected chi connectivity index (χ3v) is 7.05. The Morgan fingerprint density at radius 3 is 2.21 bits per heavy atom. The van der Waals surface area contributed by atoms with E-state index in [4.69, 9.17) is 9.47 Å². The molecular formula is C33H25F2N3O4. The minimum absolute atomic E-state index is 0.0416. The molecule has 4 aromatic carbocycles. The lowest BCUT2D eigenvalue weighted by atomic mass is 10.0. The fraction of sp³-hybridized carbons (Fsp3) is 0.121. The van der Waals surface area contributed by atoms with E-state index in [1.165, 1.54) is 36.4 Å². The standard InChI is InChI=1S/C33H25F2N3O4/c34-22-6-8-23(9-7-22)37-31(39)33(15-16-33)32(40)38-24-10-13-30(27(35)18-24)42-29-14-17-36-28-19-25(11-12-26(28)29)41-20-21-4-2-1-3-5-21/h1-14,17-19H,15-16,20H2,(H,37,39)(H,38,40). The van der Waals surface area contributed by atoms with Gasteiger partial charge < -0.3 is 20.1 Å². The van der Waals surface area contributed by atoms with E-state index in [0.717, 1.165) is 11.6 Å². The van der Waals surface area contributed by atoms with Crippen molar-refractivity contribution in [1.29, 1.82) is 0 Å². The molecule has 1 aliphatic rings. The van der Waals surface area contributed by atoms with E-state index >= 15 is 4.39 Å². The first kappa shape index (κ1) is 26.9. The Morgan fingerprint density at radius 2 is 1.50 bits per heavy atom. The van der Waals surface area contributed by atoms with Crippen LogP contribution in [0.1, 0.15) is 18.4 Å². The van der Waals surface area contributed by atoms with Gasteiger partial charge >= 0.3 is 0 Å². The summed E-state index contributed by atoms with van der Waals surface area (Å²) in [5.74, 6) is -1.16. The topological polar surface area (TPSA) is 89.6 Å². The van der Waals surface area contributed by atoms with Crippen molar-refractivity contribution in [3.63, 3.8) is 0 Å². The fourth-order valence-electron chi connectivity index (χ4n) is 4.52. The maximum atomic E-state index is 15.1. The molecule has 0 unspecified atom stereocenters. The van der Waals surface area contributed by atoms with Crippen LogP contribution in [0.4, 0.5) is 20.2 Å². The summed E-state index contributed by atoms with van der Waals surface area (Å²) in [6.07, 6.45) is 2.27. The van der Waals surface area contributed by atoms with E-state index in [0.29, 0.717) is 47.5 Å². The Labute approximate surface area is 240 Å². The Bertz CT molecular complexity index is 1770. The lowest BCUT2D eigenvalue weighted by Crippen LogP contribution is -2.35. The summed E-state index contributed by atoms with van der Waals surface area (Å²) in [6.45, 7) is 0.413. The highest BCUT2D eigenvalue weighted by Crippen LogP contribution is 2.47. The number of benzene rings is 4. The molecular weight excluding hydrogens is 540 g/mol. The molecule has 0 spiro atoms. The molecule has 1 aliphatic carbocycles. The van der Waals surface area contributed by atoms with Crippen molar-refractivity contribution in [2.45, 2.75) is 19.4 Å². The van der Waals surface area contributed by atoms with Crippen LogP contribution in [0.5, 0.6) is 17.2 Å². The number of aromatic nitrogens is 1. The zero-order chi connectivity index (χ0) is 29.1. The minimum atomic E-state index is -1.26. The Balaban J connectivity index is 1.12. The lowest BCUT2D eigenvalue weighted by molar-refractivity contribution is -0.131. The van der Waals surface area contributed by atoms with Gasteiger partial charge in [0.1, 0.15) is 29.3 Å². The van der Waals surface area contributed by atoms with Gasteiger partial charge in [0.25, 0.3) is 0 Å². The largest absolute Gasteiger partial charge is 0.489 e. The highest BCUT2D eigenvalue weighted by Gasteiger charge is 2.56. The van der Waals surface area contributed by atoms with Crippen molar-refractivity contribution in [3.8, 4) is 17.2 Å². The molecule has 7 nitrogen and oxygen atoms in total.